The number of anilines is 1. The maximum Gasteiger partial charge on any atom is 0.0835 e. The predicted molar refractivity (Wildman–Crippen MR) is 67.5 cm³/mol. The van der Waals surface area contributed by atoms with E-state index in [9.17, 15) is 0 Å². The number of hydrogen-bond acceptors (Lipinski definition) is 1. The summed E-state index contributed by atoms with van der Waals surface area (Å²) >= 11 is 15.4. The van der Waals surface area contributed by atoms with Gasteiger partial charge >= 0.3 is 0 Å². The summed E-state index contributed by atoms with van der Waals surface area (Å²) in [6.45, 7) is 4.22. The zero-order valence-electron chi connectivity index (χ0n) is 8.07. The molecule has 78 valence electrons. The molecule has 1 rings (SSSR count). The van der Waals surface area contributed by atoms with Crippen molar-refractivity contribution in [3.05, 3.63) is 26.7 Å². The molecule has 0 aliphatic rings. The third-order valence-corrected chi connectivity index (χ3v) is 3.82. The minimum absolute atomic E-state index is 0.393. The average molecular weight is 297 g/mol. The van der Waals surface area contributed by atoms with Crippen molar-refractivity contribution in [1.29, 1.82) is 0 Å². The Hall–Kier alpha value is 0.0800. The number of benzene rings is 1. The molecule has 0 aliphatic carbocycles. The second-order valence-electron chi connectivity index (χ2n) is 3.18. The smallest absolute Gasteiger partial charge is 0.0835 e. The van der Waals surface area contributed by atoms with Gasteiger partial charge in [0, 0.05) is 10.5 Å². The van der Waals surface area contributed by atoms with Gasteiger partial charge in [0.05, 0.1) is 15.7 Å². The van der Waals surface area contributed by atoms with Crippen molar-refractivity contribution in [3.63, 3.8) is 0 Å². The quantitative estimate of drug-likeness (QED) is 0.777. The highest BCUT2D eigenvalue weighted by Crippen LogP contribution is 2.36. The van der Waals surface area contributed by atoms with Crippen molar-refractivity contribution in [1.82, 2.24) is 0 Å². The van der Waals surface area contributed by atoms with Gasteiger partial charge in [0.25, 0.3) is 0 Å². The van der Waals surface area contributed by atoms with Crippen LogP contribution in [0, 0.1) is 0 Å². The molecule has 0 heterocycles. The van der Waals surface area contributed by atoms with Gasteiger partial charge in [-0.25, -0.2) is 0 Å². The Morgan fingerprint density at radius 1 is 1.36 bits per heavy atom. The van der Waals surface area contributed by atoms with Gasteiger partial charge in [0.15, 0.2) is 0 Å². The standard InChI is InChI=1S/C10H12BrCl2N/c1-3-6(2)14-8-5-4-7(11)9(12)10(8)13/h4-6,14H,3H2,1-2H3. The fraction of sp³-hybridized carbons (Fsp3) is 0.400. The summed E-state index contributed by atoms with van der Waals surface area (Å²) in [5, 5.41) is 4.42. The minimum atomic E-state index is 0.393. The van der Waals surface area contributed by atoms with Crippen molar-refractivity contribution in [2.75, 3.05) is 5.32 Å². The third kappa shape index (κ3) is 2.78. The minimum Gasteiger partial charge on any atom is -0.381 e. The monoisotopic (exact) mass is 295 g/mol. The van der Waals surface area contributed by atoms with Crippen molar-refractivity contribution < 1.29 is 0 Å². The highest BCUT2D eigenvalue weighted by molar-refractivity contribution is 9.10. The van der Waals surface area contributed by atoms with Crippen LogP contribution in [0.5, 0.6) is 0 Å². The van der Waals surface area contributed by atoms with Gasteiger partial charge in [0.2, 0.25) is 0 Å². The summed E-state index contributed by atoms with van der Waals surface area (Å²) < 4.78 is 0.818. The first-order valence-electron chi connectivity index (χ1n) is 4.46. The van der Waals surface area contributed by atoms with Gasteiger partial charge in [-0.15, -0.1) is 0 Å². The Kier molecular flexibility index (Phi) is 4.55. The van der Waals surface area contributed by atoms with Crippen LogP contribution in [0.3, 0.4) is 0 Å². The van der Waals surface area contributed by atoms with E-state index in [4.69, 9.17) is 23.2 Å². The van der Waals surface area contributed by atoms with Gasteiger partial charge < -0.3 is 5.32 Å². The highest BCUT2D eigenvalue weighted by atomic mass is 79.9. The third-order valence-electron chi connectivity index (χ3n) is 2.05. The lowest BCUT2D eigenvalue weighted by atomic mass is 10.2. The van der Waals surface area contributed by atoms with Crippen LogP contribution in [0.2, 0.25) is 10.0 Å². The molecule has 14 heavy (non-hydrogen) atoms. The molecule has 1 unspecified atom stereocenters. The number of rotatable bonds is 3. The fourth-order valence-electron chi connectivity index (χ4n) is 1.00. The molecule has 0 bridgehead atoms. The van der Waals surface area contributed by atoms with E-state index in [1.54, 1.807) is 0 Å². The lowest BCUT2D eigenvalue weighted by Crippen LogP contribution is -2.13. The average Bonchev–Trinajstić information content (AvgIpc) is 2.19. The van der Waals surface area contributed by atoms with Crippen LogP contribution in [0.4, 0.5) is 5.69 Å². The van der Waals surface area contributed by atoms with Crippen molar-refractivity contribution in [2.45, 2.75) is 26.3 Å². The molecule has 0 radical (unpaired) electrons. The summed E-state index contributed by atoms with van der Waals surface area (Å²) in [4.78, 5) is 0. The molecule has 0 amide bonds. The Morgan fingerprint density at radius 2 is 2.00 bits per heavy atom. The molecule has 1 N–H and O–H groups in total. The highest BCUT2D eigenvalue weighted by Gasteiger charge is 2.09. The van der Waals surface area contributed by atoms with Crippen LogP contribution in [0.25, 0.3) is 0 Å². The second-order valence-corrected chi connectivity index (χ2v) is 4.79. The predicted octanol–water partition coefficient (Wildman–Crippen LogP) is 4.97. The molecule has 0 aromatic heterocycles. The van der Waals surface area contributed by atoms with Crippen molar-refractivity contribution in [3.8, 4) is 0 Å². The number of hydrogen-bond donors (Lipinski definition) is 1. The normalized spacial score (nSPS) is 12.6. The van der Waals surface area contributed by atoms with E-state index >= 15 is 0 Å². The van der Waals surface area contributed by atoms with E-state index in [1.165, 1.54) is 0 Å². The van der Waals surface area contributed by atoms with Gasteiger partial charge in [0.1, 0.15) is 0 Å². The first-order chi connectivity index (χ1) is 6.56. The largest absolute Gasteiger partial charge is 0.381 e. The van der Waals surface area contributed by atoms with E-state index in [-0.39, 0.29) is 0 Å². The maximum atomic E-state index is 6.08. The Morgan fingerprint density at radius 3 is 2.57 bits per heavy atom. The van der Waals surface area contributed by atoms with Gasteiger partial charge in [-0.05, 0) is 41.4 Å². The molecule has 1 aromatic rings. The van der Waals surface area contributed by atoms with Gasteiger partial charge in [-0.2, -0.15) is 0 Å². The molecule has 0 aliphatic heterocycles. The van der Waals surface area contributed by atoms with E-state index < -0.39 is 0 Å². The summed E-state index contributed by atoms with van der Waals surface area (Å²) in [5.41, 5.74) is 0.884. The maximum absolute atomic E-state index is 6.08. The van der Waals surface area contributed by atoms with Gasteiger partial charge in [-0.1, -0.05) is 30.1 Å². The first kappa shape index (κ1) is 12.2. The van der Waals surface area contributed by atoms with E-state index in [2.05, 4.69) is 35.1 Å². The van der Waals surface area contributed by atoms with Crippen molar-refractivity contribution >= 4 is 44.8 Å². The van der Waals surface area contributed by atoms with Crippen LogP contribution in [0.1, 0.15) is 20.3 Å². The summed E-state index contributed by atoms with van der Waals surface area (Å²) in [6.07, 6.45) is 1.05. The molecule has 1 atom stereocenters. The molecule has 0 saturated carbocycles. The lowest BCUT2D eigenvalue weighted by Gasteiger charge is -2.15. The fourth-order valence-corrected chi connectivity index (χ4v) is 1.83. The summed E-state index contributed by atoms with van der Waals surface area (Å²) in [5.74, 6) is 0. The first-order valence-corrected chi connectivity index (χ1v) is 6.01. The number of halogens is 3. The topological polar surface area (TPSA) is 12.0 Å². The van der Waals surface area contributed by atoms with Crippen molar-refractivity contribution in [2.24, 2.45) is 0 Å². The molecule has 1 nitrogen and oxygen atoms in total. The zero-order chi connectivity index (χ0) is 10.7. The van der Waals surface area contributed by atoms with Crippen LogP contribution >= 0.6 is 39.1 Å². The second kappa shape index (κ2) is 5.24. The SMILES string of the molecule is CCC(C)Nc1ccc(Br)c(Cl)c1Cl. The van der Waals surface area contributed by atoms with Crippen LogP contribution in [-0.2, 0) is 0 Å². The van der Waals surface area contributed by atoms with Crippen LogP contribution in [-0.4, -0.2) is 6.04 Å². The molecule has 0 fully saturated rings. The van der Waals surface area contributed by atoms with E-state index in [1.807, 2.05) is 12.1 Å². The molecule has 4 heteroatoms. The molecule has 0 saturated heterocycles. The van der Waals surface area contributed by atoms with E-state index in [0.29, 0.717) is 16.1 Å². The van der Waals surface area contributed by atoms with Gasteiger partial charge in [-0.3, -0.25) is 0 Å². The van der Waals surface area contributed by atoms with Crippen LogP contribution in [0.15, 0.2) is 16.6 Å². The zero-order valence-corrected chi connectivity index (χ0v) is 11.2. The summed E-state index contributed by atoms with van der Waals surface area (Å²) in [6, 6.07) is 4.20. The molecular weight excluding hydrogens is 285 g/mol. The Labute approximate surface area is 103 Å². The molecule has 0 spiro atoms. The Balaban J connectivity index is 2.94. The van der Waals surface area contributed by atoms with E-state index in [0.717, 1.165) is 16.6 Å². The lowest BCUT2D eigenvalue weighted by molar-refractivity contribution is 0.764. The van der Waals surface area contributed by atoms with Crippen LogP contribution < -0.4 is 5.32 Å². The Bertz CT molecular complexity index is 328. The summed E-state index contributed by atoms with van der Waals surface area (Å²) in [7, 11) is 0. The molecule has 1 aromatic carbocycles. The molecular formula is C10H12BrCl2N. The number of nitrogens with one attached hydrogen (secondary N) is 1.